The van der Waals surface area contributed by atoms with Crippen molar-refractivity contribution in [2.75, 3.05) is 34.0 Å². The van der Waals surface area contributed by atoms with Gasteiger partial charge in [0, 0.05) is 4.47 Å². The number of nitrogens with zero attached hydrogens (tertiary/aromatic N) is 2. The number of allylic oxidation sites excluding steroid dienone is 1. The minimum Gasteiger partial charge on any atom is -0.503 e. The van der Waals surface area contributed by atoms with Crippen molar-refractivity contribution in [3.63, 3.8) is 0 Å². The second-order valence-corrected chi connectivity index (χ2v) is 11.5. The average molecular weight is 740 g/mol. The normalized spacial score (nSPS) is 14.6. The van der Waals surface area contributed by atoms with Gasteiger partial charge >= 0.3 is 11.9 Å². The van der Waals surface area contributed by atoms with Crippen molar-refractivity contribution in [3.05, 3.63) is 75.3 Å². The van der Waals surface area contributed by atoms with Crippen LogP contribution in [0.1, 0.15) is 37.9 Å². The van der Waals surface area contributed by atoms with E-state index in [1.807, 2.05) is 0 Å². The number of fused-ring (bicyclic) bond motifs is 1. The second kappa shape index (κ2) is 13.8. The standard InChI is InChI=1S/C29H28Br2N2O9S/c1-6-40-18-10-15(8-9-17(18)42-13-21(34)39-5)25-22(28(37)41-7-2)14(3)32-29-33(25)27(36)20(43-29)12-16-11-19(38-4)26(35)24(31)23(16)30/h8-12,25,35H,6-7,13H2,1-5H3/b20-12-/t25-/m0/s1. The topological polar surface area (TPSA) is 135 Å². The Bertz CT molecular complexity index is 1800. The van der Waals surface area contributed by atoms with Crippen LogP contribution in [0.4, 0.5) is 0 Å². The number of carbonyl (C=O) groups excluding carboxylic acids is 2. The van der Waals surface area contributed by atoms with Crippen LogP contribution in [0, 0.1) is 0 Å². The summed E-state index contributed by atoms with van der Waals surface area (Å²) in [6, 6.07) is 5.64. The molecular formula is C29H28Br2N2O9S. The van der Waals surface area contributed by atoms with Gasteiger partial charge in [0.2, 0.25) is 0 Å². The van der Waals surface area contributed by atoms with E-state index in [0.717, 1.165) is 11.3 Å². The number of hydrogen-bond donors (Lipinski definition) is 1. The molecule has 3 aromatic rings. The van der Waals surface area contributed by atoms with Gasteiger partial charge in [-0.05, 0) is 88.0 Å². The highest BCUT2D eigenvalue weighted by Gasteiger charge is 2.34. The van der Waals surface area contributed by atoms with Crippen molar-refractivity contribution in [3.8, 4) is 23.0 Å². The molecule has 1 aromatic heterocycles. The number of thiazole rings is 1. The first-order valence-electron chi connectivity index (χ1n) is 13.0. The Morgan fingerprint density at radius 2 is 1.81 bits per heavy atom. The summed E-state index contributed by atoms with van der Waals surface area (Å²) in [6.07, 6.45) is 1.65. The first-order chi connectivity index (χ1) is 20.6. The summed E-state index contributed by atoms with van der Waals surface area (Å²) in [5.41, 5.74) is 1.30. The first kappa shape index (κ1) is 32.3. The molecule has 14 heteroatoms. The summed E-state index contributed by atoms with van der Waals surface area (Å²) in [5, 5.41) is 10.3. The molecule has 1 aliphatic heterocycles. The summed E-state index contributed by atoms with van der Waals surface area (Å²) in [4.78, 5) is 43.9. The van der Waals surface area contributed by atoms with E-state index in [2.05, 4.69) is 41.6 Å². The number of halogens is 2. The molecule has 0 saturated heterocycles. The van der Waals surface area contributed by atoms with Crippen LogP contribution in [0.5, 0.6) is 23.0 Å². The monoisotopic (exact) mass is 738 g/mol. The maximum Gasteiger partial charge on any atom is 0.343 e. The van der Waals surface area contributed by atoms with Crippen LogP contribution >= 0.6 is 43.2 Å². The number of aromatic hydroxyl groups is 1. The van der Waals surface area contributed by atoms with E-state index in [0.29, 0.717) is 53.2 Å². The highest BCUT2D eigenvalue weighted by molar-refractivity contribution is 9.13. The minimum absolute atomic E-state index is 0.0909. The van der Waals surface area contributed by atoms with Gasteiger partial charge in [-0.3, -0.25) is 9.36 Å². The first-order valence-corrected chi connectivity index (χ1v) is 15.4. The third kappa shape index (κ3) is 6.50. The van der Waals surface area contributed by atoms with Crippen LogP contribution in [-0.2, 0) is 19.1 Å². The zero-order valence-corrected chi connectivity index (χ0v) is 27.8. The summed E-state index contributed by atoms with van der Waals surface area (Å²) in [6.45, 7) is 5.27. The molecule has 0 aliphatic carbocycles. The van der Waals surface area contributed by atoms with Crippen molar-refractivity contribution in [1.82, 2.24) is 4.57 Å². The molecular weight excluding hydrogens is 712 g/mol. The van der Waals surface area contributed by atoms with Crippen LogP contribution in [0.25, 0.3) is 6.08 Å². The van der Waals surface area contributed by atoms with Crippen LogP contribution in [0.15, 0.2) is 54.3 Å². The number of rotatable bonds is 10. The fraction of sp³-hybridized carbons (Fsp3) is 0.310. The van der Waals surface area contributed by atoms with Crippen molar-refractivity contribution in [2.24, 2.45) is 4.99 Å². The lowest BCUT2D eigenvalue weighted by Crippen LogP contribution is -2.40. The number of phenols is 1. The predicted molar refractivity (Wildman–Crippen MR) is 166 cm³/mol. The molecule has 0 spiro atoms. The van der Waals surface area contributed by atoms with Crippen LogP contribution in [0.2, 0.25) is 0 Å². The molecule has 43 heavy (non-hydrogen) atoms. The molecule has 0 radical (unpaired) electrons. The van der Waals surface area contributed by atoms with E-state index < -0.39 is 23.5 Å². The molecule has 0 saturated carbocycles. The van der Waals surface area contributed by atoms with Gasteiger partial charge in [0.05, 0.1) is 53.8 Å². The molecule has 1 N–H and O–H groups in total. The lowest BCUT2D eigenvalue weighted by Gasteiger charge is -2.25. The van der Waals surface area contributed by atoms with Gasteiger partial charge in [0.1, 0.15) is 0 Å². The highest BCUT2D eigenvalue weighted by Crippen LogP contribution is 2.42. The van der Waals surface area contributed by atoms with Crippen molar-refractivity contribution in [2.45, 2.75) is 26.8 Å². The molecule has 11 nitrogen and oxygen atoms in total. The van der Waals surface area contributed by atoms with E-state index in [1.165, 1.54) is 18.8 Å². The maximum atomic E-state index is 14.0. The number of phenolic OH excluding ortho intramolecular Hbond substituents is 1. The van der Waals surface area contributed by atoms with E-state index in [-0.39, 0.29) is 30.3 Å². The number of esters is 2. The van der Waals surface area contributed by atoms with Gasteiger partial charge in [-0.2, -0.15) is 0 Å². The third-order valence-corrected chi connectivity index (χ3v) is 9.50. The van der Waals surface area contributed by atoms with E-state index in [1.54, 1.807) is 51.1 Å². The van der Waals surface area contributed by atoms with Crippen LogP contribution in [-0.4, -0.2) is 55.7 Å². The van der Waals surface area contributed by atoms with Crippen LogP contribution < -0.4 is 29.1 Å². The molecule has 228 valence electrons. The molecule has 4 rings (SSSR count). The zero-order valence-electron chi connectivity index (χ0n) is 23.9. The Kier molecular flexibility index (Phi) is 10.4. The van der Waals surface area contributed by atoms with E-state index >= 15 is 0 Å². The van der Waals surface area contributed by atoms with Gasteiger partial charge in [-0.1, -0.05) is 17.4 Å². The summed E-state index contributed by atoms with van der Waals surface area (Å²) in [5.74, 6) is -0.446. The minimum atomic E-state index is -0.907. The molecule has 0 amide bonds. The molecule has 0 unspecified atom stereocenters. The SMILES string of the molecule is CCOC(=O)C1=C(C)N=c2s/c(=C\c3cc(OC)c(O)c(Br)c3Br)c(=O)n2[C@H]1c1ccc(OCC(=O)OC)c(OCC)c1. The van der Waals surface area contributed by atoms with Crippen molar-refractivity contribution in [1.29, 1.82) is 0 Å². The molecule has 1 aliphatic rings. The Morgan fingerprint density at radius 1 is 1.07 bits per heavy atom. The fourth-order valence-electron chi connectivity index (χ4n) is 4.40. The maximum absolute atomic E-state index is 14.0. The molecule has 2 aromatic carbocycles. The highest BCUT2D eigenvalue weighted by atomic mass is 79.9. The summed E-state index contributed by atoms with van der Waals surface area (Å²) in [7, 11) is 2.69. The van der Waals surface area contributed by atoms with Crippen molar-refractivity contribution < 1.29 is 38.4 Å². The molecule has 0 fully saturated rings. The molecule has 0 bridgehead atoms. The zero-order chi connectivity index (χ0) is 31.4. The van der Waals surface area contributed by atoms with E-state index in [9.17, 15) is 19.5 Å². The smallest absolute Gasteiger partial charge is 0.343 e. The number of hydrogen-bond acceptors (Lipinski definition) is 11. The van der Waals surface area contributed by atoms with E-state index in [4.69, 9.17) is 18.9 Å². The number of carbonyl (C=O) groups is 2. The number of benzene rings is 2. The molecule has 1 atom stereocenters. The van der Waals surface area contributed by atoms with Crippen molar-refractivity contribution >= 4 is 61.2 Å². The Balaban J connectivity index is 1.94. The Hall–Kier alpha value is -3.62. The van der Waals surface area contributed by atoms with Crippen LogP contribution in [0.3, 0.4) is 0 Å². The lowest BCUT2D eigenvalue weighted by molar-refractivity contribution is -0.143. The van der Waals surface area contributed by atoms with Gasteiger partial charge in [0.15, 0.2) is 34.4 Å². The number of ether oxygens (including phenoxy) is 5. The number of aromatic nitrogens is 1. The quantitative estimate of drug-likeness (QED) is 0.307. The number of methoxy groups -OCH3 is 2. The predicted octanol–water partition coefficient (Wildman–Crippen LogP) is 3.99. The third-order valence-electron chi connectivity index (χ3n) is 6.35. The largest absolute Gasteiger partial charge is 0.503 e. The average Bonchev–Trinajstić information content (AvgIpc) is 3.29. The Labute approximate surface area is 267 Å². The Morgan fingerprint density at radius 3 is 2.47 bits per heavy atom. The summed E-state index contributed by atoms with van der Waals surface area (Å²) >= 11 is 7.95. The summed E-state index contributed by atoms with van der Waals surface area (Å²) < 4.78 is 29.3. The fourth-order valence-corrected chi connectivity index (χ4v) is 6.28. The second-order valence-electron chi connectivity index (χ2n) is 8.95. The lowest BCUT2D eigenvalue weighted by atomic mass is 9.95. The molecule has 2 heterocycles. The van der Waals surface area contributed by atoms with Gasteiger partial charge < -0.3 is 28.8 Å². The van der Waals surface area contributed by atoms with Gasteiger partial charge in [-0.15, -0.1) is 0 Å². The van der Waals surface area contributed by atoms with Gasteiger partial charge in [-0.25, -0.2) is 14.6 Å². The van der Waals surface area contributed by atoms with Gasteiger partial charge in [0.25, 0.3) is 5.56 Å².